The van der Waals surface area contributed by atoms with Crippen molar-refractivity contribution in [2.24, 2.45) is 0 Å². The highest BCUT2D eigenvalue weighted by molar-refractivity contribution is 8.15. The molecule has 0 spiro atoms. The molecule has 0 radical (unpaired) electrons. The molecule has 0 saturated carbocycles. The van der Waals surface area contributed by atoms with Gasteiger partial charge in [0.05, 0.1) is 5.03 Å². The standard InChI is InChI=1S/C8H10F3NS/c1-13(2)7-5-3-4-6(12-7)8(9,10)11/h3-5,13H,1-2H3. The quantitative estimate of drug-likeness (QED) is 0.702. The summed E-state index contributed by atoms with van der Waals surface area (Å²) in [6.07, 6.45) is -0.586. The first-order valence-corrected chi connectivity index (χ1v) is 5.86. The zero-order valence-corrected chi connectivity index (χ0v) is 8.15. The van der Waals surface area contributed by atoms with Crippen molar-refractivity contribution in [3.05, 3.63) is 23.9 Å². The second-order valence-corrected chi connectivity index (χ2v) is 5.02. The summed E-state index contributed by atoms with van der Waals surface area (Å²) in [4.78, 5) is 3.55. The fourth-order valence-electron chi connectivity index (χ4n) is 0.830. The minimum Gasteiger partial charge on any atom is -0.239 e. The molecule has 1 aromatic heterocycles. The van der Waals surface area contributed by atoms with Crippen molar-refractivity contribution < 1.29 is 13.2 Å². The minimum absolute atomic E-state index is 0.532. The Labute approximate surface area is 77.3 Å². The first-order chi connectivity index (χ1) is 5.91. The van der Waals surface area contributed by atoms with Gasteiger partial charge in [-0.1, -0.05) is 6.07 Å². The summed E-state index contributed by atoms with van der Waals surface area (Å²) >= 11 is 0. The van der Waals surface area contributed by atoms with Crippen LogP contribution in [0.15, 0.2) is 23.2 Å². The molecule has 0 saturated heterocycles. The van der Waals surface area contributed by atoms with Crippen molar-refractivity contribution in [3.63, 3.8) is 0 Å². The lowest BCUT2D eigenvalue weighted by Gasteiger charge is -2.11. The van der Waals surface area contributed by atoms with Crippen LogP contribution in [0.3, 0.4) is 0 Å². The summed E-state index contributed by atoms with van der Waals surface area (Å²) in [7, 11) is -0.570. The summed E-state index contributed by atoms with van der Waals surface area (Å²) in [6.45, 7) is 0. The fourth-order valence-corrected chi connectivity index (χ4v) is 1.52. The van der Waals surface area contributed by atoms with Gasteiger partial charge in [0.25, 0.3) is 0 Å². The van der Waals surface area contributed by atoms with E-state index in [1.54, 1.807) is 6.07 Å². The SMILES string of the molecule is C[SH](C)c1cccc(C(F)(F)F)n1. The van der Waals surface area contributed by atoms with E-state index in [9.17, 15) is 13.2 Å². The molecule has 0 aliphatic rings. The molecule has 0 bridgehead atoms. The van der Waals surface area contributed by atoms with Crippen LogP contribution in [0.5, 0.6) is 0 Å². The number of pyridine rings is 1. The summed E-state index contributed by atoms with van der Waals surface area (Å²) in [5, 5.41) is 0.532. The van der Waals surface area contributed by atoms with E-state index in [2.05, 4.69) is 4.98 Å². The summed E-state index contributed by atoms with van der Waals surface area (Å²) in [6, 6.07) is 4.01. The molecule has 5 heteroatoms. The Hall–Kier alpha value is -0.710. The van der Waals surface area contributed by atoms with E-state index in [4.69, 9.17) is 0 Å². The Kier molecular flexibility index (Phi) is 2.85. The summed E-state index contributed by atoms with van der Waals surface area (Å²) < 4.78 is 36.5. The highest BCUT2D eigenvalue weighted by atomic mass is 32.2. The van der Waals surface area contributed by atoms with Crippen LogP contribution in [0.1, 0.15) is 5.69 Å². The number of hydrogen-bond acceptors (Lipinski definition) is 1. The van der Waals surface area contributed by atoms with E-state index in [1.165, 1.54) is 6.07 Å². The molecular weight excluding hydrogens is 199 g/mol. The Morgan fingerprint density at radius 3 is 2.31 bits per heavy atom. The lowest BCUT2D eigenvalue weighted by molar-refractivity contribution is -0.141. The molecule has 1 rings (SSSR count). The average Bonchev–Trinajstić information content (AvgIpc) is 2.03. The van der Waals surface area contributed by atoms with E-state index in [-0.39, 0.29) is 0 Å². The molecule has 0 aliphatic carbocycles. The van der Waals surface area contributed by atoms with Crippen LogP contribution in [-0.4, -0.2) is 17.5 Å². The normalized spacial score (nSPS) is 12.8. The number of alkyl halides is 3. The molecule has 0 fully saturated rings. The Morgan fingerprint density at radius 1 is 1.23 bits per heavy atom. The topological polar surface area (TPSA) is 12.9 Å². The third-order valence-electron chi connectivity index (χ3n) is 1.48. The van der Waals surface area contributed by atoms with E-state index >= 15 is 0 Å². The number of aromatic nitrogens is 1. The monoisotopic (exact) mass is 209 g/mol. The maximum atomic E-state index is 12.2. The zero-order valence-electron chi connectivity index (χ0n) is 7.26. The summed E-state index contributed by atoms with van der Waals surface area (Å²) in [5.41, 5.74) is -0.804. The van der Waals surface area contributed by atoms with Crippen molar-refractivity contribution in [3.8, 4) is 0 Å². The lowest BCUT2D eigenvalue weighted by atomic mass is 10.3. The molecule has 0 aromatic carbocycles. The van der Waals surface area contributed by atoms with Gasteiger partial charge in [-0.05, 0) is 24.6 Å². The number of nitrogens with zero attached hydrogens (tertiary/aromatic N) is 1. The smallest absolute Gasteiger partial charge is 0.239 e. The predicted molar refractivity (Wildman–Crippen MR) is 48.3 cm³/mol. The molecule has 13 heavy (non-hydrogen) atoms. The third kappa shape index (κ3) is 2.62. The molecule has 1 aromatic rings. The highest BCUT2D eigenvalue weighted by Gasteiger charge is 2.32. The van der Waals surface area contributed by atoms with Gasteiger partial charge in [0.1, 0.15) is 5.69 Å². The van der Waals surface area contributed by atoms with Crippen LogP contribution in [0.25, 0.3) is 0 Å². The van der Waals surface area contributed by atoms with Crippen molar-refractivity contribution >= 4 is 10.9 Å². The average molecular weight is 209 g/mol. The van der Waals surface area contributed by atoms with Gasteiger partial charge in [-0.2, -0.15) is 13.2 Å². The maximum absolute atomic E-state index is 12.2. The van der Waals surface area contributed by atoms with Gasteiger partial charge in [-0.25, -0.2) is 15.9 Å². The first kappa shape index (κ1) is 10.4. The van der Waals surface area contributed by atoms with Gasteiger partial charge in [0, 0.05) is 0 Å². The number of hydrogen-bond donors (Lipinski definition) is 1. The van der Waals surface area contributed by atoms with Gasteiger partial charge < -0.3 is 0 Å². The predicted octanol–water partition coefficient (Wildman–Crippen LogP) is 2.72. The molecule has 0 aliphatic heterocycles. The number of rotatable bonds is 1. The number of thiol groups is 1. The van der Waals surface area contributed by atoms with Crippen LogP contribution in [0.4, 0.5) is 13.2 Å². The van der Waals surface area contributed by atoms with Crippen molar-refractivity contribution in [2.45, 2.75) is 11.2 Å². The fraction of sp³-hybridized carbons (Fsp3) is 0.375. The van der Waals surface area contributed by atoms with E-state index in [0.29, 0.717) is 5.03 Å². The molecule has 1 nitrogen and oxygen atoms in total. The molecule has 74 valence electrons. The van der Waals surface area contributed by atoms with Gasteiger partial charge in [-0.15, -0.1) is 0 Å². The largest absolute Gasteiger partial charge is 0.433 e. The van der Waals surface area contributed by atoms with Gasteiger partial charge >= 0.3 is 6.18 Å². The van der Waals surface area contributed by atoms with Gasteiger partial charge in [0.15, 0.2) is 0 Å². The van der Waals surface area contributed by atoms with Crippen molar-refractivity contribution in [1.29, 1.82) is 0 Å². The van der Waals surface area contributed by atoms with Crippen molar-refractivity contribution in [1.82, 2.24) is 4.98 Å². The molecule has 0 unspecified atom stereocenters. The van der Waals surface area contributed by atoms with Crippen LogP contribution in [0.2, 0.25) is 0 Å². The van der Waals surface area contributed by atoms with E-state index in [1.807, 2.05) is 12.5 Å². The van der Waals surface area contributed by atoms with E-state index < -0.39 is 22.8 Å². The van der Waals surface area contributed by atoms with Crippen LogP contribution in [-0.2, 0) is 6.18 Å². The van der Waals surface area contributed by atoms with Gasteiger partial charge in [-0.3, -0.25) is 0 Å². The minimum atomic E-state index is -4.33. The Bertz CT molecular complexity index is 296. The van der Waals surface area contributed by atoms with Crippen LogP contribution in [0, 0.1) is 0 Å². The molecular formula is C8H10F3NS. The van der Waals surface area contributed by atoms with E-state index in [0.717, 1.165) is 6.07 Å². The molecule has 0 N–H and O–H groups in total. The molecule has 0 atom stereocenters. The highest BCUT2D eigenvalue weighted by Crippen LogP contribution is 2.31. The zero-order chi connectivity index (χ0) is 10.1. The second kappa shape index (κ2) is 3.57. The Morgan fingerprint density at radius 2 is 1.85 bits per heavy atom. The molecule has 0 amide bonds. The lowest BCUT2D eigenvalue weighted by Crippen LogP contribution is -2.08. The molecule has 1 heterocycles. The number of halogens is 3. The Balaban J connectivity index is 3.06. The maximum Gasteiger partial charge on any atom is 0.433 e. The first-order valence-electron chi connectivity index (χ1n) is 3.63. The van der Waals surface area contributed by atoms with Gasteiger partial charge in [0.2, 0.25) is 0 Å². The van der Waals surface area contributed by atoms with Crippen LogP contribution < -0.4 is 0 Å². The van der Waals surface area contributed by atoms with Crippen molar-refractivity contribution in [2.75, 3.05) is 12.5 Å². The summed E-state index contributed by atoms with van der Waals surface area (Å²) in [5.74, 6) is 0. The third-order valence-corrected chi connectivity index (χ3v) is 2.65. The second-order valence-electron chi connectivity index (χ2n) is 2.77. The van der Waals surface area contributed by atoms with Crippen LogP contribution >= 0.6 is 10.9 Å².